The number of carbonyl (C=O) groups is 2. The van der Waals surface area contributed by atoms with Crippen LogP contribution < -0.4 is 10.0 Å². The molecule has 0 fully saturated rings. The molecule has 0 spiro atoms. The van der Waals surface area contributed by atoms with Crippen molar-refractivity contribution in [3.05, 3.63) is 74.8 Å². The summed E-state index contributed by atoms with van der Waals surface area (Å²) in [6.07, 6.45) is 0. The first-order chi connectivity index (χ1) is 13.6. The standard InChI is InChI=1S/C18H19N3O7S/c1-19-29(26,27)11-13-5-3-12(4-6-13)10-20-17(22)14-7-15(18(23)28-2)9-16(8-14)21(24)25/h3-9,19H,10-11H2,1-2H3,(H,20,22). The van der Waals surface area contributed by atoms with Crippen molar-refractivity contribution in [2.24, 2.45) is 0 Å². The summed E-state index contributed by atoms with van der Waals surface area (Å²) < 4.78 is 29.9. The molecule has 0 saturated heterocycles. The highest BCUT2D eigenvalue weighted by atomic mass is 32.2. The van der Waals surface area contributed by atoms with Gasteiger partial charge in [0.15, 0.2) is 0 Å². The molecular weight excluding hydrogens is 402 g/mol. The van der Waals surface area contributed by atoms with Crippen molar-refractivity contribution < 1.29 is 27.7 Å². The molecule has 29 heavy (non-hydrogen) atoms. The van der Waals surface area contributed by atoms with Crippen molar-refractivity contribution in [3.8, 4) is 0 Å². The third-order valence-corrected chi connectivity index (χ3v) is 5.29. The van der Waals surface area contributed by atoms with Gasteiger partial charge in [-0.1, -0.05) is 24.3 Å². The van der Waals surface area contributed by atoms with E-state index >= 15 is 0 Å². The normalized spacial score (nSPS) is 11.0. The van der Waals surface area contributed by atoms with Gasteiger partial charge in [0.1, 0.15) is 0 Å². The number of nitrogens with one attached hydrogen (secondary N) is 2. The Morgan fingerprint density at radius 3 is 2.21 bits per heavy atom. The maximum absolute atomic E-state index is 12.4. The molecule has 0 atom stereocenters. The molecule has 0 heterocycles. The van der Waals surface area contributed by atoms with E-state index in [1.807, 2.05) is 0 Å². The van der Waals surface area contributed by atoms with Crippen LogP contribution in [-0.4, -0.2) is 39.4 Å². The average molecular weight is 421 g/mol. The van der Waals surface area contributed by atoms with Crippen molar-refractivity contribution in [2.45, 2.75) is 12.3 Å². The van der Waals surface area contributed by atoms with E-state index < -0.39 is 32.5 Å². The number of benzene rings is 2. The van der Waals surface area contributed by atoms with Crippen LogP contribution in [0.15, 0.2) is 42.5 Å². The van der Waals surface area contributed by atoms with Gasteiger partial charge in [0, 0.05) is 24.2 Å². The van der Waals surface area contributed by atoms with E-state index in [4.69, 9.17) is 0 Å². The summed E-state index contributed by atoms with van der Waals surface area (Å²) in [5, 5.41) is 13.6. The van der Waals surface area contributed by atoms with Gasteiger partial charge in [0.05, 0.1) is 23.3 Å². The minimum Gasteiger partial charge on any atom is -0.465 e. The molecule has 0 bridgehead atoms. The summed E-state index contributed by atoms with van der Waals surface area (Å²) in [4.78, 5) is 34.4. The van der Waals surface area contributed by atoms with Gasteiger partial charge in [0.2, 0.25) is 10.0 Å². The first kappa shape index (κ1) is 22.0. The van der Waals surface area contributed by atoms with Crippen molar-refractivity contribution >= 4 is 27.6 Å². The predicted molar refractivity (Wildman–Crippen MR) is 104 cm³/mol. The molecule has 10 nitrogen and oxygen atoms in total. The van der Waals surface area contributed by atoms with E-state index in [1.165, 1.54) is 13.1 Å². The Morgan fingerprint density at radius 2 is 1.66 bits per heavy atom. The average Bonchev–Trinajstić information content (AvgIpc) is 2.71. The second-order valence-corrected chi connectivity index (χ2v) is 7.91. The van der Waals surface area contributed by atoms with E-state index in [2.05, 4.69) is 14.8 Å². The van der Waals surface area contributed by atoms with Gasteiger partial charge in [0.25, 0.3) is 11.6 Å². The Labute approximate surface area is 167 Å². The van der Waals surface area contributed by atoms with Crippen LogP contribution in [0.2, 0.25) is 0 Å². The van der Waals surface area contributed by atoms with E-state index in [9.17, 15) is 28.1 Å². The Bertz CT molecular complexity index is 1030. The molecule has 11 heteroatoms. The van der Waals surface area contributed by atoms with Crippen LogP contribution in [0.4, 0.5) is 5.69 Å². The Balaban J connectivity index is 2.11. The maximum Gasteiger partial charge on any atom is 0.338 e. The first-order valence-corrected chi connectivity index (χ1v) is 9.95. The summed E-state index contributed by atoms with van der Waals surface area (Å²) in [5.41, 5.74) is 0.699. The molecule has 2 aromatic carbocycles. The summed E-state index contributed by atoms with van der Waals surface area (Å²) in [5.74, 6) is -1.57. The number of non-ortho nitro benzene ring substituents is 1. The number of amides is 1. The van der Waals surface area contributed by atoms with Crippen LogP contribution in [0.5, 0.6) is 0 Å². The molecule has 1 amide bonds. The fourth-order valence-electron chi connectivity index (χ4n) is 2.41. The highest BCUT2D eigenvalue weighted by molar-refractivity contribution is 7.88. The zero-order valence-corrected chi connectivity index (χ0v) is 16.5. The number of esters is 1. The van der Waals surface area contributed by atoms with Crippen LogP contribution in [0.3, 0.4) is 0 Å². The lowest BCUT2D eigenvalue weighted by molar-refractivity contribution is -0.384. The number of ether oxygens (including phenoxy) is 1. The molecule has 0 saturated carbocycles. The second kappa shape index (κ2) is 9.26. The predicted octanol–water partition coefficient (Wildman–Crippen LogP) is 1.36. The summed E-state index contributed by atoms with van der Waals surface area (Å²) in [6.45, 7) is 0.105. The molecule has 2 N–H and O–H groups in total. The van der Waals surface area contributed by atoms with Gasteiger partial charge in [-0.05, 0) is 24.2 Å². The van der Waals surface area contributed by atoms with E-state index in [0.29, 0.717) is 11.1 Å². The van der Waals surface area contributed by atoms with Gasteiger partial charge in [-0.25, -0.2) is 17.9 Å². The van der Waals surface area contributed by atoms with Gasteiger partial charge in [-0.15, -0.1) is 0 Å². The van der Waals surface area contributed by atoms with E-state index in [-0.39, 0.29) is 23.4 Å². The zero-order chi connectivity index (χ0) is 21.6. The van der Waals surface area contributed by atoms with Crippen molar-refractivity contribution in [3.63, 3.8) is 0 Å². The van der Waals surface area contributed by atoms with Crippen LogP contribution >= 0.6 is 0 Å². The first-order valence-electron chi connectivity index (χ1n) is 8.30. The highest BCUT2D eigenvalue weighted by Crippen LogP contribution is 2.18. The lowest BCUT2D eigenvalue weighted by Crippen LogP contribution is -2.23. The number of nitro groups is 1. The van der Waals surface area contributed by atoms with Crippen molar-refractivity contribution in [1.82, 2.24) is 10.0 Å². The molecular formula is C18H19N3O7S. The minimum atomic E-state index is -3.38. The molecule has 0 aliphatic carbocycles. The fourth-order valence-corrected chi connectivity index (χ4v) is 3.19. The molecule has 0 aliphatic rings. The van der Waals surface area contributed by atoms with Crippen LogP contribution in [-0.2, 0) is 27.1 Å². The number of carbonyl (C=O) groups excluding carboxylic acids is 2. The number of sulfonamides is 1. The number of rotatable bonds is 8. The van der Waals surface area contributed by atoms with Crippen LogP contribution in [0.25, 0.3) is 0 Å². The van der Waals surface area contributed by atoms with Crippen molar-refractivity contribution in [1.29, 1.82) is 0 Å². The van der Waals surface area contributed by atoms with Crippen LogP contribution in [0.1, 0.15) is 31.8 Å². The van der Waals surface area contributed by atoms with Gasteiger partial charge >= 0.3 is 5.97 Å². The smallest absolute Gasteiger partial charge is 0.338 e. The summed E-state index contributed by atoms with van der Waals surface area (Å²) >= 11 is 0. The molecule has 2 aromatic rings. The molecule has 0 aromatic heterocycles. The number of hydrogen-bond donors (Lipinski definition) is 2. The molecule has 0 aliphatic heterocycles. The fraction of sp³-hybridized carbons (Fsp3) is 0.222. The summed E-state index contributed by atoms with van der Waals surface area (Å²) in [6, 6.07) is 9.87. The number of methoxy groups -OCH3 is 1. The molecule has 154 valence electrons. The highest BCUT2D eigenvalue weighted by Gasteiger charge is 2.18. The third-order valence-electron chi connectivity index (χ3n) is 3.96. The topological polar surface area (TPSA) is 145 Å². The quantitative estimate of drug-likeness (QED) is 0.372. The molecule has 2 rings (SSSR count). The second-order valence-electron chi connectivity index (χ2n) is 5.98. The van der Waals surface area contributed by atoms with E-state index in [1.54, 1.807) is 24.3 Å². The lowest BCUT2D eigenvalue weighted by atomic mass is 10.1. The van der Waals surface area contributed by atoms with Crippen molar-refractivity contribution in [2.75, 3.05) is 14.2 Å². The number of nitro benzene ring substituents is 1. The van der Waals surface area contributed by atoms with Crippen LogP contribution in [0, 0.1) is 10.1 Å². The summed E-state index contributed by atoms with van der Waals surface area (Å²) in [7, 11) is -0.921. The Hall–Kier alpha value is -3.31. The van der Waals surface area contributed by atoms with Gasteiger partial charge in [-0.2, -0.15) is 0 Å². The monoisotopic (exact) mass is 421 g/mol. The minimum absolute atomic E-state index is 0.0590. The third kappa shape index (κ3) is 6.09. The van der Waals surface area contributed by atoms with Gasteiger partial charge < -0.3 is 10.1 Å². The zero-order valence-electron chi connectivity index (χ0n) is 15.7. The Morgan fingerprint density at radius 1 is 1.07 bits per heavy atom. The Kier molecular flexibility index (Phi) is 7.02. The number of hydrogen-bond acceptors (Lipinski definition) is 7. The molecule has 0 unspecified atom stereocenters. The number of nitrogens with zero attached hydrogens (tertiary/aromatic N) is 1. The SMILES string of the molecule is CNS(=O)(=O)Cc1ccc(CNC(=O)c2cc(C(=O)OC)cc([N+](=O)[O-])c2)cc1. The maximum atomic E-state index is 12.4. The van der Waals surface area contributed by atoms with Gasteiger partial charge in [-0.3, -0.25) is 14.9 Å². The lowest BCUT2D eigenvalue weighted by Gasteiger charge is -2.08. The van der Waals surface area contributed by atoms with E-state index in [0.717, 1.165) is 19.2 Å². The molecule has 0 radical (unpaired) electrons. The largest absolute Gasteiger partial charge is 0.465 e.